The molecule has 2 N–H and O–H groups in total. The Kier molecular flexibility index (Phi) is 6.84. The van der Waals surface area contributed by atoms with Gasteiger partial charge in [0.2, 0.25) is 5.82 Å². The van der Waals surface area contributed by atoms with Crippen LogP contribution in [0.2, 0.25) is 0 Å². The molecule has 1 heterocycles. The molecule has 190 valence electrons. The molecule has 4 aromatic rings. The number of aryl methyl sites for hydroxylation is 2. The lowest BCUT2D eigenvalue weighted by molar-refractivity contribution is -0.145. The van der Waals surface area contributed by atoms with E-state index < -0.39 is 11.8 Å². The maximum absolute atomic E-state index is 15.1. The molecular weight excluding hydrogens is 493 g/mol. The van der Waals surface area contributed by atoms with Crippen LogP contribution in [0.25, 0.3) is 34.0 Å². The van der Waals surface area contributed by atoms with Crippen LogP contribution in [-0.4, -0.2) is 27.3 Å². The summed E-state index contributed by atoms with van der Waals surface area (Å²) in [6.07, 6.45) is 3.28. The van der Waals surface area contributed by atoms with Crippen LogP contribution >= 0.6 is 12.4 Å². The summed E-state index contributed by atoms with van der Waals surface area (Å²) in [5.41, 5.74) is 6.29. The van der Waals surface area contributed by atoms with E-state index in [1.54, 1.807) is 6.07 Å². The highest BCUT2D eigenvalue weighted by Gasteiger charge is 2.36. The number of hydrogen-bond donors (Lipinski definition) is 2. The second kappa shape index (κ2) is 10.1. The van der Waals surface area contributed by atoms with Gasteiger partial charge in [-0.1, -0.05) is 47.6 Å². The Labute approximate surface area is 220 Å². The highest BCUT2D eigenvalue weighted by molar-refractivity contribution is 5.85. The van der Waals surface area contributed by atoms with E-state index in [0.717, 1.165) is 35.1 Å². The molecule has 6 rings (SSSR count). The van der Waals surface area contributed by atoms with Crippen molar-refractivity contribution in [3.8, 4) is 34.0 Å². The molecule has 1 aromatic heterocycles. The predicted molar refractivity (Wildman–Crippen MR) is 141 cm³/mol. The Morgan fingerprint density at radius 2 is 1.84 bits per heavy atom. The minimum atomic E-state index is -0.703. The Bertz CT molecular complexity index is 1450. The zero-order valence-electron chi connectivity index (χ0n) is 20.3. The Morgan fingerprint density at radius 3 is 2.59 bits per heavy atom. The molecule has 2 aliphatic rings. The summed E-state index contributed by atoms with van der Waals surface area (Å²) in [5, 5.41) is 16.8. The molecule has 8 heteroatoms. The number of aromatic nitrogens is 2. The summed E-state index contributed by atoms with van der Waals surface area (Å²) in [5.74, 6) is -0.744. The highest BCUT2D eigenvalue weighted by Crippen LogP contribution is 2.38. The van der Waals surface area contributed by atoms with E-state index >= 15 is 4.39 Å². The van der Waals surface area contributed by atoms with Crippen molar-refractivity contribution in [2.75, 3.05) is 0 Å². The lowest BCUT2D eigenvalue weighted by atomic mass is 9.80. The molecule has 6 nitrogen and oxygen atoms in total. The zero-order valence-corrected chi connectivity index (χ0v) is 21.1. The number of halogens is 2. The number of carbonyl (C=O) groups is 1. The predicted octanol–water partition coefficient (Wildman–Crippen LogP) is 6.38. The molecule has 0 amide bonds. The Balaban J connectivity index is 0.00000280. The number of rotatable bonds is 6. The molecule has 0 aliphatic heterocycles. The van der Waals surface area contributed by atoms with Crippen molar-refractivity contribution in [3.63, 3.8) is 0 Å². The molecule has 37 heavy (non-hydrogen) atoms. The number of benzene rings is 3. The minimum Gasteiger partial charge on any atom is -0.481 e. The average molecular weight is 520 g/mol. The van der Waals surface area contributed by atoms with Gasteiger partial charge < -0.3 is 14.9 Å². The molecule has 1 fully saturated rings. The third-order valence-corrected chi connectivity index (χ3v) is 7.46. The number of carboxylic acids is 1. The Hall–Kier alpha value is -3.55. The first kappa shape index (κ1) is 25.1. The van der Waals surface area contributed by atoms with E-state index in [9.17, 15) is 4.79 Å². The zero-order chi connectivity index (χ0) is 24.8. The normalized spacial score (nSPS) is 20.1. The summed E-state index contributed by atoms with van der Waals surface area (Å²) in [6.45, 7) is 1.94. The van der Waals surface area contributed by atoms with Gasteiger partial charge in [0.05, 0.1) is 11.5 Å². The first-order chi connectivity index (χ1) is 17.5. The van der Waals surface area contributed by atoms with Crippen LogP contribution in [0.15, 0.2) is 65.2 Å². The Morgan fingerprint density at radius 1 is 1.05 bits per heavy atom. The van der Waals surface area contributed by atoms with Crippen molar-refractivity contribution < 1.29 is 18.8 Å². The van der Waals surface area contributed by atoms with Gasteiger partial charge >= 0.3 is 5.97 Å². The monoisotopic (exact) mass is 519 g/mol. The molecule has 2 aliphatic carbocycles. The van der Waals surface area contributed by atoms with Crippen LogP contribution in [0.4, 0.5) is 4.39 Å². The van der Waals surface area contributed by atoms with Crippen LogP contribution in [0, 0.1) is 18.7 Å². The first-order valence-corrected chi connectivity index (χ1v) is 12.3. The van der Waals surface area contributed by atoms with Crippen molar-refractivity contribution in [1.82, 2.24) is 15.5 Å². The van der Waals surface area contributed by atoms with Crippen molar-refractivity contribution in [2.45, 2.75) is 44.7 Å². The summed E-state index contributed by atoms with van der Waals surface area (Å²) in [7, 11) is 0. The SMILES string of the molecule is Cc1cc(-c2nc(-c3ccc4c(c3)CCC4NC3CC(C(=O)O)C3)no2)c(F)cc1-c1ccccc1.Cl. The second-order valence-electron chi connectivity index (χ2n) is 9.81. The average Bonchev–Trinajstić information content (AvgIpc) is 3.50. The van der Waals surface area contributed by atoms with Crippen LogP contribution in [-0.2, 0) is 11.2 Å². The quantitative estimate of drug-likeness (QED) is 0.307. The summed E-state index contributed by atoms with van der Waals surface area (Å²) in [6, 6.07) is 19.6. The summed E-state index contributed by atoms with van der Waals surface area (Å²) < 4.78 is 20.5. The van der Waals surface area contributed by atoms with Gasteiger partial charge in [-0.3, -0.25) is 4.79 Å². The van der Waals surface area contributed by atoms with E-state index in [2.05, 4.69) is 27.6 Å². The number of carboxylic acid groups (broad SMARTS) is 1. The second-order valence-corrected chi connectivity index (χ2v) is 9.81. The van der Waals surface area contributed by atoms with Gasteiger partial charge in [-0.25, -0.2) is 4.39 Å². The lowest BCUT2D eigenvalue weighted by Crippen LogP contribution is -2.45. The fourth-order valence-electron chi connectivity index (χ4n) is 5.39. The standard InChI is InChI=1S/C29H26FN3O3.ClH/c1-16-11-24(25(30)15-23(16)17-5-3-2-4-6-17)28-32-27(33-36-28)19-7-9-22-18(12-19)8-10-26(22)31-21-13-20(14-21)29(34)35;/h2-7,9,11-12,15,20-21,26,31H,8,10,13-14H2,1H3,(H,34,35);1H. The van der Waals surface area contributed by atoms with E-state index in [0.29, 0.717) is 18.7 Å². The summed E-state index contributed by atoms with van der Waals surface area (Å²) in [4.78, 5) is 15.6. The van der Waals surface area contributed by atoms with Gasteiger partial charge in [0, 0.05) is 17.6 Å². The van der Waals surface area contributed by atoms with E-state index in [1.165, 1.54) is 17.2 Å². The first-order valence-electron chi connectivity index (χ1n) is 12.3. The van der Waals surface area contributed by atoms with Gasteiger partial charge in [-0.2, -0.15) is 4.98 Å². The van der Waals surface area contributed by atoms with Crippen molar-refractivity contribution in [1.29, 1.82) is 0 Å². The van der Waals surface area contributed by atoms with Crippen LogP contribution in [0.3, 0.4) is 0 Å². The smallest absolute Gasteiger partial charge is 0.306 e. The number of fused-ring (bicyclic) bond motifs is 1. The molecule has 0 saturated heterocycles. The van der Waals surface area contributed by atoms with E-state index in [-0.39, 0.29) is 41.9 Å². The molecular formula is C29H27ClFN3O3. The molecule has 0 bridgehead atoms. The van der Waals surface area contributed by atoms with E-state index in [1.807, 2.05) is 43.3 Å². The van der Waals surface area contributed by atoms with E-state index in [4.69, 9.17) is 9.63 Å². The van der Waals surface area contributed by atoms with Gasteiger partial charge in [0.1, 0.15) is 5.82 Å². The third kappa shape index (κ3) is 4.77. The minimum absolute atomic E-state index is 0. The molecule has 3 aromatic carbocycles. The maximum atomic E-state index is 15.1. The number of nitrogens with zero attached hydrogens (tertiary/aromatic N) is 2. The van der Waals surface area contributed by atoms with Crippen LogP contribution < -0.4 is 5.32 Å². The van der Waals surface area contributed by atoms with Crippen molar-refractivity contribution in [2.24, 2.45) is 5.92 Å². The molecule has 1 unspecified atom stereocenters. The van der Waals surface area contributed by atoms with Crippen molar-refractivity contribution in [3.05, 3.63) is 83.2 Å². The topological polar surface area (TPSA) is 88.2 Å². The fourth-order valence-corrected chi connectivity index (χ4v) is 5.39. The number of nitrogens with one attached hydrogen (secondary N) is 1. The van der Waals surface area contributed by atoms with Crippen LogP contribution in [0.5, 0.6) is 0 Å². The van der Waals surface area contributed by atoms with Gasteiger partial charge in [-0.05, 0) is 78.6 Å². The number of aliphatic carboxylic acids is 1. The van der Waals surface area contributed by atoms with Gasteiger partial charge in [0.15, 0.2) is 0 Å². The van der Waals surface area contributed by atoms with Gasteiger partial charge in [-0.15, -0.1) is 12.4 Å². The molecule has 1 atom stereocenters. The molecule has 1 saturated carbocycles. The highest BCUT2D eigenvalue weighted by atomic mass is 35.5. The molecule has 0 spiro atoms. The maximum Gasteiger partial charge on any atom is 0.306 e. The third-order valence-electron chi connectivity index (χ3n) is 7.46. The fraction of sp³-hybridized carbons (Fsp3) is 0.276. The lowest BCUT2D eigenvalue weighted by Gasteiger charge is -2.35. The van der Waals surface area contributed by atoms with Gasteiger partial charge in [0.25, 0.3) is 5.89 Å². The molecule has 0 radical (unpaired) electrons. The van der Waals surface area contributed by atoms with Crippen molar-refractivity contribution >= 4 is 18.4 Å². The largest absolute Gasteiger partial charge is 0.481 e. The number of hydrogen-bond acceptors (Lipinski definition) is 5. The van der Waals surface area contributed by atoms with Crippen LogP contribution in [0.1, 0.15) is 42.0 Å². The summed E-state index contributed by atoms with van der Waals surface area (Å²) >= 11 is 0.